The summed E-state index contributed by atoms with van der Waals surface area (Å²) in [5, 5.41) is 14.8. The molecule has 7 heteroatoms. The Bertz CT molecular complexity index is 1380. The first kappa shape index (κ1) is 22.6. The summed E-state index contributed by atoms with van der Waals surface area (Å²) in [6.07, 6.45) is 1.81. The Balaban J connectivity index is 1.70. The fourth-order valence-electron chi connectivity index (χ4n) is 4.84. The van der Waals surface area contributed by atoms with Crippen LogP contribution in [0.4, 0.5) is 5.69 Å². The van der Waals surface area contributed by atoms with Crippen molar-refractivity contribution in [2.75, 3.05) is 4.90 Å². The first-order chi connectivity index (χ1) is 16.4. The number of para-hydroxylation sites is 2. The van der Waals surface area contributed by atoms with Gasteiger partial charge in [-0.1, -0.05) is 34.1 Å². The second-order valence-electron chi connectivity index (χ2n) is 8.58. The molecule has 5 rings (SSSR count). The van der Waals surface area contributed by atoms with Crippen LogP contribution in [0.1, 0.15) is 40.3 Å². The summed E-state index contributed by atoms with van der Waals surface area (Å²) in [4.78, 5) is 6.84. The minimum atomic E-state index is -0.129. The molecule has 0 radical (unpaired) electrons. The monoisotopic (exact) mass is 532 g/mol. The third-order valence-electron chi connectivity index (χ3n) is 6.43. The van der Waals surface area contributed by atoms with Crippen molar-refractivity contribution in [2.45, 2.75) is 32.9 Å². The maximum Gasteiger partial charge on any atom is 0.174 e. The minimum absolute atomic E-state index is 0.117. The number of hydrogen-bond acceptors (Lipinski definition) is 3. The van der Waals surface area contributed by atoms with E-state index in [4.69, 9.17) is 12.2 Å². The fraction of sp³-hybridized carbons (Fsp3) is 0.185. The summed E-state index contributed by atoms with van der Waals surface area (Å²) >= 11 is 9.49. The van der Waals surface area contributed by atoms with Crippen LogP contribution in [0.25, 0.3) is 5.69 Å². The summed E-state index contributed by atoms with van der Waals surface area (Å²) in [5.41, 5.74) is 7.07. The summed E-state index contributed by atoms with van der Waals surface area (Å²) in [6, 6.07) is 21.6. The van der Waals surface area contributed by atoms with Crippen molar-refractivity contribution in [1.29, 1.82) is 0 Å². The Morgan fingerprint density at radius 1 is 1.00 bits per heavy atom. The fourth-order valence-corrected chi connectivity index (χ4v) is 5.43. The highest BCUT2D eigenvalue weighted by atomic mass is 79.9. The maximum atomic E-state index is 10.6. The van der Waals surface area contributed by atoms with Gasteiger partial charge in [0.1, 0.15) is 5.75 Å². The lowest BCUT2D eigenvalue weighted by Crippen LogP contribution is -2.29. The molecule has 2 aromatic carbocycles. The van der Waals surface area contributed by atoms with E-state index in [9.17, 15) is 5.11 Å². The zero-order chi connectivity index (χ0) is 24.0. The Hall–Kier alpha value is -3.16. The Labute approximate surface area is 213 Å². The number of aromatic hydroxyl groups is 1. The molecule has 2 N–H and O–H groups in total. The SMILES string of the molecule is Cc1cc(N2C(=S)N[C@H](c3ccccn3)[C@H]2c2cc(C)n(-c3ccccc3O)c2C)ccc1Br. The number of pyridine rings is 1. The van der Waals surface area contributed by atoms with E-state index in [0.717, 1.165) is 44.1 Å². The van der Waals surface area contributed by atoms with Crippen LogP contribution in [0.2, 0.25) is 0 Å². The van der Waals surface area contributed by atoms with Crippen LogP contribution in [0.15, 0.2) is 77.4 Å². The van der Waals surface area contributed by atoms with Crippen molar-refractivity contribution in [3.05, 3.63) is 106 Å². The van der Waals surface area contributed by atoms with Crippen LogP contribution in [-0.2, 0) is 0 Å². The molecule has 0 aliphatic carbocycles. The summed E-state index contributed by atoms with van der Waals surface area (Å²) in [7, 11) is 0. The number of thiocarbonyl (C=S) groups is 1. The van der Waals surface area contributed by atoms with E-state index in [1.54, 1.807) is 6.07 Å². The zero-order valence-corrected chi connectivity index (χ0v) is 21.6. The van der Waals surface area contributed by atoms with E-state index in [2.05, 4.69) is 80.7 Å². The Morgan fingerprint density at radius 2 is 1.76 bits per heavy atom. The van der Waals surface area contributed by atoms with Crippen molar-refractivity contribution >= 4 is 38.9 Å². The van der Waals surface area contributed by atoms with E-state index >= 15 is 0 Å². The number of anilines is 1. The number of nitrogens with one attached hydrogen (secondary N) is 1. The molecule has 1 aliphatic heterocycles. The molecule has 1 fully saturated rings. The molecule has 1 saturated heterocycles. The average Bonchev–Trinajstić information content (AvgIpc) is 3.32. The van der Waals surface area contributed by atoms with Crippen molar-refractivity contribution in [3.63, 3.8) is 0 Å². The number of phenolic OH excluding ortho intramolecular Hbond substituents is 1. The van der Waals surface area contributed by atoms with Crippen LogP contribution < -0.4 is 10.2 Å². The molecule has 5 nitrogen and oxygen atoms in total. The number of nitrogens with zero attached hydrogens (tertiary/aromatic N) is 3. The standard InChI is InChI=1S/C27H25BrN4OS/c1-16-14-19(11-12-21(16)28)32-26(25(30-27(32)34)22-8-6-7-13-29-22)20-15-17(2)31(18(20)3)23-9-4-5-10-24(23)33/h4-15,25-26,33H,1-3H3,(H,30,34)/t25-,26-/m1/s1. The van der Waals surface area contributed by atoms with Gasteiger partial charge in [-0.05, 0) is 92.6 Å². The number of phenols is 1. The van der Waals surface area contributed by atoms with Gasteiger partial charge in [0.25, 0.3) is 0 Å². The molecular formula is C27H25BrN4OS. The number of aryl methyl sites for hydroxylation is 2. The quantitative estimate of drug-likeness (QED) is 0.296. The summed E-state index contributed by atoms with van der Waals surface area (Å²) in [5.74, 6) is 0.248. The van der Waals surface area contributed by atoms with E-state index in [1.165, 1.54) is 0 Å². The van der Waals surface area contributed by atoms with Crippen molar-refractivity contribution in [1.82, 2.24) is 14.9 Å². The normalized spacial score (nSPS) is 17.8. The van der Waals surface area contributed by atoms with E-state index in [-0.39, 0.29) is 17.8 Å². The lowest BCUT2D eigenvalue weighted by atomic mass is 9.96. The largest absolute Gasteiger partial charge is 0.506 e. The average molecular weight is 533 g/mol. The van der Waals surface area contributed by atoms with Gasteiger partial charge in [0.15, 0.2) is 5.11 Å². The lowest BCUT2D eigenvalue weighted by Gasteiger charge is -2.28. The van der Waals surface area contributed by atoms with Gasteiger partial charge < -0.3 is 19.9 Å². The highest BCUT2D eigenvalue weighted by Gasteiger charge is 2.42. The summed E-state index contributed by atoms with van der Waals surface area (Å²) in [6.45, 7) is 6.24. The van der Waals surface area contributed by atoms with Gasteiger partial charge in [0.2, 0.25) is 0 Å². The predicted molar refractivity (Wildman–Crippen MR) is 144 cm³/mol. The number of aromatic nitrogens is 2. The second kappa shape index (κ2) is 8.89. The smallest absolute Gasteiger partial charge is 0.174 e. The Morgan fingerprint density at radius 3 is 2.47 bits per heavy atom. The van der Waals surface area contributed by atoms with Crippen molar-refractivity contribution in [3.8, 4) is 11.4 Å². The van der Waals surface area contributed by atoms with Crippen LogP contribution >= 0.6 is 28.1 Å². The molecule has 0 bridgehead atoms. The molecule has 34 heavy (non-hydrogen) atoms. The van der Waals surface area contributed by atoms with E-state index in [0.29, 0.717) is 5.11 Å². The van der Waals surface area contributed by atoms with Gasteiger partial charge in [-0.2, -0.15) is 0 Å². The van der Waals surface area contributed by atoms with Gasteiger partial charge in [-0.15, -0.1) is 0 Å². The van der Waals surface area contributed by atoms with Gasteiger partial charge in [0, 0.05) is 27.7 Å². The van der Waals surface area contributed by atoms with Crippen molar-refractivity contribution < 1.29 is 5.11 Å². The number of rotatable bonds is 4. The maximum absolute atomic E-state index is 10.6. The highest BCUT2D eigenvalue weighted by Crippen LogP contribution is 2.44. The number of halogens is 1. The van der Waals surface area contributed by atoms with Crippen LogP contribution in [0.5, 0.6) is 5.75 Å². The summed E-state index contributed by atoms with van der Waals surface area (Å²) < 4.78 is 3.16. The molecule has 0 saturated carbocycles. The molecule has 4 aromatic rings. The van der Waals surface area contributed by atoms with Crippen LogP contribution in [-0.4, -0.2) is 19.8 Å². The van der Waals surface area contributed by atoms with Crippen LogP contribution in [0, 0.1) is 20.8 Å². The Kier molecular flexibility index (Phi) is 5.91. The highest BCUT2D eigenvalue weighted by molar-refractivity contribution is 9.10. The number of benzene rings is 2. The molecule has 0 unspecified atom stereocenters. The molecule has 3 heterocycles. The van der Waals surface area contributed by atoms with Crippen molar-refractivity contribution in [2.24, 2.45) is 0 Å². The van der Waals surface area contributed by atoms with Gasteiger partial charge in [-0.25, -0.2) is 0 Å². The second-order valence-corrected chi connectivity index (χ2v) is 9.82. The van der Waals surface area contributed by atoms with Crippen LogP contribution in [0.3, 0.4) is 0 Å². The van der Waals surface area contributed by atoms with Gasteiger partial charge in [-0.3, -0.25) is 4.98 Å². The van der Waals surface area contributed by atoms with Gasteiger partial charge >= 0.3 is 0 Å². The topological polar surface area (TPSA) is 53.3 Å². The molecular weight excluding hydrogens is 508 g/mol. The molecule has 0 spiro atoms. The first-order valence-electron chi connectivity index (χ1n) is 11.1. The first-order valence-corrected chi connectivity index (χ1v) is 12.3. The lowest BCUT2D eigenvalue weighted by molar-refractivity contribution is 0.471. The third-order valence-corrected chi connectivity index (χ3v) is 7.63. The predicted octanol–water partition coefficient (Wildman–Crippen LogP) is 6.44. The van der Waals surface area contributed by atoms with E-state index < -0.39 is 0 Å². The molecule has 0 amide bonds. The minimum Gasteiger partial charge on any atom is -0.506 e. The number of hydrogen-bond donors (Lipinski definition) is 2. The van der Waals surface area contributed by atoms with E-state index in [1.807, 2.05) is 42.6 Å². The third kappa shape index (κ3) is 3.79. The molecule has 2 atom stereocenters. The molecule has 172 valence electrons. The molecule has 1 aliphatic rings. The zero-order valence-electron chi connectivity index (χ0n) is 19.2. The van der Waals surface area contributed by atoms with Gasteiger partial charge in [0.05, 0.1) is 23.5 Å². The molecule has 2 aromatic heterocycles.